The maximum Gasteiger partial charge on any atom is 0.155 e. The maximum atomic E-state index is 10.8. The molecule has 58 valence electrons. The number of allylic oxidation sites excluding steroid dienone is 2. The number of hydrogen-bond acceptors (Lipinski definition) is 1. The Balaban J connectivity index is 2.69. The largest absolute Gasteiger partial charge is 0.295 e. The van der Waals surface area contributed by atoms with Gasteiger partial charge in [-0.05, 0) is 17.9 Å². The molecule has 1 aliphatic carbocycles. The predicted molar refractivity (Wildman–Crippen MR) is 44.9 cm³/mol. The van der Waals surface area contributed by atoms with E-state index in [0.717, 1.165) is 12.8 Å². The second-order valence-corrected chi connectivity index (χ2v) is 3.33. The summed E-state index contributed by atoms with van der Waals surface area (Å²) < 4.78 is 0. The van der Waals surface area contributed by atoms with Gasteiger partial charge in [0.1, 0.15) is 0 Å². The van der Waals surface area contributed by atoms with Gasteiger partial charge in [0.25, 0.3) is 0 Å². The summed E-state index contributed by atoms with van der Waals surface area (Å²) in [5, 5.41) is 0. The number of rotatable bonds is 1. The van der Waals surface area contributed by atoms with E-state index in [0.29, 0.717) is 6.42 Å². The van der Waals surface area contributed by atoms with Gasteiger partial charge >= 0.3 is 0 Å². The molecule has 0 saturated heterocycles. The van der Waals surface area contributed by atoms with Crippen molar-refractivity contribution < 1.29 is 4.79 Å². The molecule has 0 bridgehead atoms. The van der Waals surface area contributed by atoms with Gasteiger partial charge in [0.05, 0.1) is 0 Å². The first-order valence-corrected chi connectivity index (χ1v) is 3.82. The van der Waals surface area contributed by atoms with Crippen molar-refractivity contribution in [1.29, 1.82) is 0 Å². The lowest BCUT2D eigenvalue weighted by atomic mass is 9.78. The minimum Gasteiger partial charge on any atom is -0.295 e. The van der Waals surface area contributed by atoms with Gasteiger partial charge < -0.3 is 0 Å². The van der Waals surface area contributed by atoms with E-state index in [-0.39, 0.29) is 11.2 Å². The fourth-order valence-corrected chi connectivity index (χ4v) is 1.25. The molecule has 0 saturated carbocycles. The Labute approximate surface area is 67.5 Å². The summed E-state index contributed by atoms with van der Waals surface area (Å²) in [5.41, 5.74) is 0.0721. The van der Waals surface area contributed by atoms with Gasteiger partial charge in [0.2, 0.25) is 0 Å². The number of terminal acetylenes is 1. The van der Waals surface area contributed by atoms with Crippen LogP contribution < -0.4 is 0 Å². The second kappa shape index (κ2) is 2.92. The predicted octanol–water partition coefficient (Wildman–Crippen LogP) is 1.94. The molecule has 1 aliphatic rings. The van der Waals surface area contributed by atoms with Crippen molar-refractivity contribution in [1.82, 2.24) is 0 Å². The quantitative estimate of drug-likeness (QED) is 0.519. The van der Waals surface area contributed by atoms with Crippen LogP contribution in [0.15, 0.2) is 12.2 Å². The molecule has 0 spiro atoms. The lowest BCUT2D eigenvalue weighted by molar-refractivity contribution is -0.115. The maximum absolute atomic E-state index is 10.8. The Hall–Kier alpha value is -1.03. The van der Waals surface area contributed by atoms with Crippen molar-refractivity contribution in [3.63, 3.8) is 0 Å². The number of carbonyl (C=O) groups is 1. The van der Waals surface area contributed by atoms with Crippen LogP contribution in [0, 0.1) is 17.8 Å². The zero-order valence-corrected chi connectivity index (χ0v) is 6.76. The zero-order valence-electron chi connectivity index (χ0n) is 6.76. The summed E-state index contributed by atoms with van der Waals surface area (Å²) in [6.45, 7) is 2.09. The molecule has 1 heteroatoms. The molecular formula is C10H12O. The molecule has 0 amide bonds. The fourth-order valence-electron chi connectivity index (χ4n) is 1.25. The van der Waals surface area contributed by atoms with Crippen molar-refractivity contribution in [2.24, 2.45) is 5.41 Å². The van der Waals surface area contributed by atoms with E-state index < -0.39 is 0 Å². The van der Waals surface area contributed by atoms with Gasteiger partial charge in [0, 0.05) is 12.8 Å². The van der Waals surface area contributed by atoms with Gasteiger partial charge in [-0.2, -0.15) is 0 Å². The van der Waals surface area contributed by atoms with Crippen molar-refractivity contribution >= 4 is 5.78 Å². The lowest BCUT2D eigenvalue weighted by Crippen LogP contribution is -2.18. The molecule has 0 unspecified atom stereocenters. The number of carbonyl (C=O) groups excluding carboxylic acids is 1. The lowest BCUT2D eigenvalue weighted by Gasteiger charge is -2.25. The van der Waals surface area contributed by atoms with E-state index in [2.05, 4.69) is 12.8 Å². The summed E-state index contributed by atoms with van der Waals surface area (Å²) in [4.78, 5) is 10.8. The standard InChI is InChI=1S/C10H12O/c1-3-6-10(2)7-4-9(11)5-8-10/h1,4,7H,5-6,8H2,2H3/t10-/m0/s1. The highest BCUT2D eigenvalue weighted by Crippen LogP contribution is 2.31. The second-order valence-electron chi connectivity index (χ2n) is 3.33. The van der Waals surface area contributed by atoms with Crippen LogP contribution in [-0.4, -0.2) is 5.78 Å². The van der Waals surface area contributed by atoms with E-state index in [1.54, 1.807) is 6.08 Å². The molecule has 0 heterocycles. The summed E-state index contributed by atoms with van der Waals surface area (Å²) in [6, 6.07) is 0. The Kier molecular flexibility index (Phi) is 2.14. The summed E-state index contributed by atoms with van der Waals surface area (Å²) in [5.74, 6) is 2.85. The molecule has 0 aromatic heterocycles. The molecule has 1 rings (SSSR count). The first kappa shape index (κ1) is 8.07. The third-order valence-corrected chi connectivity index (χ3v) is 2.12. The molecule has 0 N–H and O–H groups in total. The SMILES string of the molecule is C#CC[C@@]1(C)C=CC(=O)CC1. The molecule has 0 aromatic carbocycles. The van der Waals surface area contributed by atoms with Crippen LogP contribution in [-0.2, 0) is 4.79 Å². The van der Waals surface area contributed by atoms with Crippen molar-refractivity contribution in [2.45, 2.75) is 26.2 Å². The average Bonchev–Trinajstić information content (AvgIpc) is 1.97. The van der Waals surface area contributed by atoms with E-state index in [1.165, 1.54) is 0 Å². The first-order chi connectivity index (χ1) is 5.16. The molecule has 0 radical (unpaired) electrons. The van der Waals surface area contributed by atoms with Gasteiger partial charge in [-0.1, -0.05) is 13.0 Å². The summed E-state index contributed by atoms with van der Waals surface area (Å²) in [6.07, 6.45) is 11.1. The topological polar surface area (TPSA) is 17.1 Å². The van der Waals surface area contributed by atoms with Crippen molar-refractivity contribution in [3.05, 3.63) is 12.2 Å². The van der Waals surface area contributed by atoms with E-state index >= 15 is 0 Å². The smallest absolute Gasteiger partial charge is 0.155 e. The zero-order chi connectivity index (χ0) is 8.32. The summed E-state index contributed by atoms with van der Waals surface area (Å²) in [7, 11) is 0. The van der Waals surface area contributed by atoms with Crippen LogP contribution in [0.1, 0.15) is 26.2 Å². The van der Waals surface area contributed by atoms with Crippen LogP contribution in [0.25, 0.3) is 0 Å². The normalized spacial score (nSPS) is 30.0. The van der Waals surface area contributed by atoms with E-state index in [1.807, 2.05) is 6.08 Å². The van der Waals surface area contributed by atoms with Gasteiger partial charge in [0.15, 0.2) is 5.78 Å². The highest BCUT2D eigenvalue weighted by Gasteiger charge is 2.23. The van der Waals surface area contributed by atoms with Crippen molar-refractivity contribution in [3.8, 4) is 12.3 Å². The van der Waals surface area contributed by atoms with E-state index in [4.69, 9.17) is 6.42 Å². The number of hydrogen-bond donors (Lipinski definition) is 0. The molecule has 0 aliphatic heterocycles. The van der Waals surface area contributed by atoms with Gasteiger partial charge in [-0.25, -0.2) is 0 Å². The molecule has 1 nitrogen and oxygen atoms in total. The highest BCUT2D eigenvalue weighted by atomic mass is 16.1. The van der Waals surface area contributed by atoms with Crippen LogP contribution >= 0.6 is 0 Å². The monoisotopic (exact) mass is 148 g/mol. The Morgan fingerprint density at radius 2 is 2.55 bits per heavy atom. The Morgan fingerprint density at radius 1 is 1.82 bits per heavy atom. The van der Waals surface area contributed by atoms with Crippen LogP contribution in [0.4, 0.5) is 0 Å². The number of ketones is 1. The minimum atomic E-state index is 0.0721. The third-order valence-electron chi connectivity index (χ3n) is 2.12. The summed E-state index contributed by atoms with van der Waals surface area (Å²) >= 11 is 0. The Morgan fingerprint density at radius 3 is 3.00 bits per heavy atom. The van der Waals surface area contributed by atoms with Gasteiger partial charge in [-0.3, -0.25) is 4.79 Å². The Bertz CT molecular complexity index is 232. The first-order valence-electron chi connectivity index (χ1n) is 3.82. The molecule has 1 atom stereocenters. The highest BCUT2D eigenvalue weighted by molar-refractivity contribution is 5.90. The molecule has 0 aromatic rings. The minimum absolute atomic E-state index is 0.0721. The molecule has 11 heavy (non-hydrogen) atoms. The van der Waals surface area contributed by atoms with E-state index in [9.17, 15) is 4.79 Å². The van der Waals surface area contributed by atoms with Crippen LogP contribution in [0.5, 0.6) is 0 Å². The third kappa shape index (κ3) is 1.94. The van der Waals surface area contributed by atoms with Crippen molar-refractivity contribution in [2.75, 3.05) is 0 Å². The van der Waals surface area contributed by atoms with Crippen LogP contribution in [0.3, 0.4) is 0 Å². The fraction of sp³-hybridized carbons (Fsp3) is 0.500. The molecular weight excluding hydrogens is 136 g/mol. The van der Waals surface area contributed by atoms with Gasteiger partial charge in [-0.15, -0.1) is 12.3 Å². The van der Waals surface area contributed by atoms with Crippen LogP contribution in [0.2, 0.25) is 0 Å². The average molecular weight is 148 g/mol. The molecule has 0 fully saturated rings.